The number of hydrogen-bond donors (Lipinski definition) is 0. The van der Waals surface area contributed by atoms with Gasteiger partial charge in [0.05, 0.1) is 0 Å². The van der Waals surface area contributed by atoms with E-state index in [2.05, 4.69) is 223 Å². The van der Waals surface area contributed by atoms with Crippen molar-refractivity contribution in [3.63, 3.8) is 0 Å². The maximum absolute atomic E-state index is 5.29. The normalized spacial score (nSPS) is 11.9. The molecule has 0 aliphatic rings. The summed E-state index contributed by atoms with van der Waals surface area (Å²) in [5.74, 6) is 1.91. The summed E-state index contributed by atoms with van der Waals surface area (Å²) >= 11 is 0. The molecular formula is C59H59N3. The van der Waals surface area contributed by atoms with E-state index in [1.54, 1.807) is 0 Å². The molecule has 0 amide bonds. The van der Waals surface area contributed by atoms with Crippen LogP contribution in [0.1, 0.15) is 86.1 Å². The lowest BCUT2D eigenvalue weighted by Gasteiger charge is -2.20. The molecule has 8 aromatic rings. The number of hydrogen-bond acceptors (Lipinski definition) is 3. The van der Waals surface area contributed by atoms with Crippen LogP contribution in [0.25, 0.3) is 78.7 Å². The second-order valence-corrected chi connectivity index (χ2v) is 19.5. The van der Waals surface area contributed by atoms with Gasteiger partial charge in [0, 0.05) is 16.7 Å². The number of rotatable bonds is 7. The molecule has 0 fully saturated rings. The Morgan fingerprint density at radius 1 is 0.274 bits per heavy atom. The third-order valence-electron chi connectivity index (χ3n) is 12.2. The maximum Gasteiger partial charge on any atom is 0.164 e. The third kappa shape index (κ3) is 8.81. The topological polar surface area (TPSA) is 38.7 Å². The third-order valence-corrected chi connectivity index (χ3v) is 12.2. The van der Waals surface area contributed by atoms with Gasteiger partial charge in [0.2, 0.25) is 0 Å². The van der Waals surface area contributed by atoms with Gasteiger partial charge in [-0.05, 0) is 148 Å². The van der Waals surface area contributed by atoms with Gasteiger partial charge >= 0.3 is 0 Å². The zero-order valence-electron chi connectivity index (χ0n) is 38.6. The second kappa shape index (κ2) is 16.4. The van der Waals surface area contributed by atoms with Crippen molar-refractivity contribution >= 4 is 0 Å². The van der Waals surface area contributed by atoms with Crippen molar-refractivity contribution in [2.75, 3.05) is 0 Å². The van der Waals surface area contributed by atoms with E-state index in [-0.39, 0.29) is 10.8 Å². The molecule has 0 spiro atoms. The predicted molar refractivity (Wildman–Crippen MR) is 264 cm³/mol. The molecule has 0 saturated carbocycles. The first-order chi connectivity index (χ1) is 29.4. The highest BCUT2D eigenvalue weighted by Gasteiger charge is 2.19. The molecule has 0 N–H and O–H groups in total. The smallest absolute Gasteiger partial charge is 0.164 e. The van der Waals surface area contributed by atoms with Crippen molar-refractivity contribution in [3.8, 4) is 78.7 Å². The average Bonchev–Trinajstić information content (AvgIpc) is 3.22. The number of aryl methyl sites for hydroxylation is 6. The zero-order chi connectivity index (χ0) is 44.1. The SMILES string of the molecule is Cc1cc(C)c(-c2ccc(-c3nc(-c4ccc(-c5c(C)cc(C)cc5C)cc4)nc(-c4cc(-c5ccc(C(C)(C)C)cc5)cc(-c5ccc(C(C)(C)C)cc5)c4)n3)cc2)c(C)c1. The summed E-state index contributed by atoms with van der Waals surface area (Å²) in [6.45, 7) is 26.6. The van der Waals surface area contributed by atoms with Crippen molar-refractivity contribution in [2.24, 2.45) is 0 Å². The maximum atomic E-state index is 5.29. The molecule has 8 rings (SSSR count). The first-order valence-corrected chi connectivity index (χ1v) is 21.9. The molecular weight excluding hydrogens is 751 g/mol. The zero-order valence-corrected chi connectivity index (χ0v) is 38.6. The number of nitrogens with zero attached hydrogens (tertiary/aromatic N) is 3. The van der Waals surface area contributed by atoms with Gasteiger partial charge in [-0.1, -0.05) is 174 Å². The largest absolute Gasteiger partial charge is 0.208 e. The van der Waals surface area contributed by atoms with Gasteiger partial charge in [-0.3, -0.25) is 0 Å². The summed E-state index contributed by atoms with van der Waals surface area (Å²) in [6.07, 6.45) is 0. The Morgan fingerprint density at radius 2 is 0.532 bits per heavy atom. The summed E-state index contributed by atoms with van der Waals surface area (Å²) < 4.78 is 0. The summed E-state index contributed by atoms with van der Waals surface area (Å²) in [5.41, 5.74) is 22.6. The molecule has 3 heteroatoms. The molecule has 62 heavy (non-hydrogen) atoms. The quantitative estimate of drug-likeness (QED) is 0.161. The Morgan fingerprint density at radius 3 is 0.839 bits per heavy atom. The highest BCUT2D eigenvalue weighted by Crippen LogP contribution is 2.37. The molecule has 0 unspecified atom stereocenters. The van der Waals surface area contributed by atoms with E-state index in [1.165, 1.54) is 66.8 Å². The lowest BCUT2D eigenvalue weighted by atomic mass is 9.85. The van der Waals surface area contributed by atoms with Crippen LogP contribution in [0.2, 0.25) is 0 Å². The molecule has 1 heterocycles. The van der Waals surface area contributed by atoms with Crippen LogP contribution < -0.4 is 0 Å². The van der Waals surface area contributed by atoms with Gasteiger partial charge < -0.3 is 0 Å². The van der Waals surface area contributed by atoms with Crippen LogP contribution in [0.5, 0.6) is 0 Å². The number of benzene rings is 7. The van der Waals surface area contributed by atoms with Gasteiger partial charge in [0.1, 0.15) is 0 Å². The van der Waals surface area contributed by atoms with Crippen LogP contribution in [-0.4, -0.2) is 15.0 Å². The molecule has 0 saturated heterocycles. The van der Waals surface area contributed by atoms with Gasteiger partial charge in [0.25, 0.3) is 0 Å². The fourth-order valence-electron chi connectivity index (χ4n) is 9.02. The van der Waals surface area contributed by atoms with E-state index < -0.39 is 0 Å². The first-order valence-electron chi connectivity index (χ1n) is 21.9. The van der Waals surface area contributed by atoms with Crippen molar-refractivity contribution in [2.45, 2.75) is 93.9 Å². The van der Waals surface area contributed by atoms with E-state index in [0.29, 0.717) is 17.5 Å². The molecule has 0 bridgehead atoms. The fourth-order valence-corrected chi connectivity index (χ4v) is 9.02. The minimum absolute atomic E-state index is 0.0595. The van der Waals surface area contributed by atoms with E-state index >= 15 is 0 Å². The molecule has 0 atom stereocenters. The highest BCUT2D eigenvalue weighted by molar-refractivity contribution is 5.81. The van der Waals surface area contributed by atoms with Crippen LogP contribution >= 0.6 is 0 Å². The summed E-state index contributed by atoms with van der Waals surface area (Å²) in [4.78, 5) is 15.8. The molecule has 7 aromatic carbocycles. The van der Waals surface area contributed by atoms with E-state index in [9.17, 15) is 0 Å². The van der Waals surface area contributed by atoms with Gasteiger partial charge in [-0.25, -0.2) is 15.0 Å². The van der Waals surface area contributed by atoms with Gasteiger partial charge in [-0.15, -0.1) is 0 Å². The average molecular weight is 810 g/mol. The highest BCUT2D eigenvalue weighted by atomic mass is 15.0. The van der Waals surface area contributed by atoms with Gasteiger partial charge in [-0.2, -0.15) is 0 Å². The van der Waals surface area contributed by atoms with Crippen LogP contribution in [0.4, 0.5) is 0 Å². The van der Waals surface area contributed by atoms with Crippen molar-refractivity contribution in [1.29, 1.82) is 0 Å². The van der Waals surface area contributed by atoms with Crippen LogP contribution in [0.3, 0.4) is 0 Å². The van der Waals surface area contributed by atoms with Crippen molar-refractivity contribution < 1.29 is 0 Å². The minimum Gasteiger partial charge on any atom is -0.208 e. The van der Waals surface area contributed by atoms with Crippen molar-refractivity contribution in [3.05, 3.63) is 184 Å². The van der Waals surface area contributed by atoms with Crippen LogP contribution in [-0.2, 0) is 10.8 Å². The molecule has 3 nitrogen and oxygen atoms in total. The predicted octanol–water partition coefficient (Wildman–Crippen LogP) is 16.0. The molecule has 0 radical (unpaired) electrons. The first kappa shape index (κ1) is 42.2. The Labute approximate surface area is 370 Å². The monoisotopic (exact) mass is 809 g/mol. The van der Waals surface area contributed by atoms with E-state index in [4.69, 9.17) is 15.0 Å². The Hall–Kier alpha value is -6.45. The Balaban J connectivity index is 1.30. The van der Waals surface area contributed by atoms with Crippen LogP contribution in [0, 0.1) is 41.5 Å². The summed E-state index contributed by atoms with van der Waals surface area (Å²) in [7, 11) is 0. The summed E-state index contributed by atoms with van der Waals surface area (Å²) in [6, 6.07) is 51.2. The lowest BCUT2D eigenvalue weighted by molar-refractivity contribution is 0.590. The standard InChI is InChI=1S/C59H59N3/c1-36-29-38(3)53(39(4)30-36)44-13-17-46(18-14-44)55-60-56(47-19-15-45(16-20-47)54-40(5)31-37(2)32-41(54)6)62-57(61-55)50-34-48(42-21-25-51(26-22-42)58(7,8)9)33-49(35-50)43-23-27-52(28-24-43)59(10,11)12/h13-35H,1-12H3. The Bertz CT molecular complexity index is 2680. The van der Waals surface area contributed by atoms with Crippen molar-refractivity contribution in [1.82, 2.24) is 15.0 Å². The molecule has 0 aliphatic carbocycles. The van der Waals surface area contributed by atoms with E-state index in [0.717, 1.165) is 38.9 Å². The van der Waals surface area contributed by atoms with E-state index in [1.807, 2.05) is 0 Å². The number of aromatic nitrogens is 3. The molecule has 310 valence electrons. The molecule has 1 aromatic heterocycles. The van der Waals surface area contributed by atoms with Gasteiger partial charge in [0.15, 0.2) is 17.5 Å². The fraction of sp³-hybridized carbons (Fsp3) is 0.237. The minimum atomic E-state index is 0.0595. The Kier molecular flexibility index (Phi) is 11.2. The summed E-state index contributed by atoms with van der Waals surface area (Å²) in [5, 5.41) is 0. The lowest BCUT2D eigenvalue weighted by Crippen LogP contribution is -2.10. The van der Waals surface area contributed by atoms with Crippen LogP contribution in [0.15, 0.2) is 140 Å². The molecule has 0 aliphatic heterocycles. The second-order valence-electron chi connectivity index (χ2n) is 19.5.